The molecular weight excluding hydrogens is 450 g/mol. The van der Waals surface area contributed by atoms with Crippen LogP contribution in [0.5, 0.6) is 0 Å². The second-order valence-corrected chi connectivity index (χ2v) is 9.09. The maximum Gasteiger partial charge on any atom is 0.276 e. The van der Waals surface area contributed by atoms with Crippen LogP contribution in [-0.4, -0.2) is 76.2 Å². The molecule has 4 rings (SSSR count). The number of para-hydroxylation sites is 1. The zero-order valence-electron chi connectivity index (χ0n) is 19.3. The molecule has 1 aromatic heterocycles. The molecule has 0 atom stereocenters. The SMILES string of the molecule is C=N/C(=C\C=NCN1CCCOCC1)C(=O)N1CCc2cc(C(=O)NC)sc2-c2ccccc21. The van der Waals surface area contributed by atoms with Gasteiger partial charge in [-0.3, -0.25) is 24.5 Å². The summed E-state index contributed by atoms with van der Waals surface area (Å²) in [6.07, 6.45) is 4.88. The van der Waals surface area contributed by atoms with Crippen LogP contribution in [0.2, 0.25) is 0 Å². The van der Waals surface area contributed by atoms with Crippen molar-refractivity contribution in [3.8, 4) is 10.4 Å². The van der Waals surface area contributed by atoms with Crippen LogP contribution in [-0.2, 0) is 16.0 Å². The summed E-state index contributed by atoms with van der Waals surface area (Å²) in [6, 6.07) is 9.69. The van der Waals surface area contributed by atoms with E-state index in [1.807, 2.05) is 30.3 Å². The summed E-state index contributed by atoms with van der Waals surface area (Å²) in [5.74, 6) is -0.324. The number of allylic oxidation sites excluding steroid dienone is 1. The second kappa shape index (κ2) is 11.3. The summed E-state index contributed by atoms with van der Waals surface area (Å²) in [7, 11) is 1.63. The van der Waals surface area contributed by atoms with Gasteiger partial charge in [0.1, 0.15) is 5.70 Å². The first-order valence-electron chi connectivity index (χ1n) is 11.4. The van der Waals surface area contributed by atoms with Crippen LogP contribution < -0.4 is 10.2 Å². The van der Waals surface area contributed by atoms with E-state index in [9.17, 15) is 9.59 Å². The van der Waals surface area contributed by atoms with Crippen molar-refractivity contribution in [2.24, 2.45) is 9.98 Å². The number of ether oxygens (including phenoxy) is 1. The smallest absolute Gasteiger partial charge is 0.276 e. The van der Waals surface area contributed by atoms with E-state index in [4.69, 9.17) is 4.74 Å². The Morgan fingerprint density at radius 1 is 1.24 bits per heavy atom. The molecule has 1 saturated heterocycles. The molecule has 8 nitrogen and oxygen atoms in total. The number of aliphatic imine (C=N–C) groups is 2. The van der Waals surface area contributed by atoms with E-state index in [2.05, 4.69) is 26.9 Å². The van der Waals surface area contributed by atoms with Gasteiger partial charge in [0.2, 0.25) is 0 Å². The summed E-state index contributed by atoms with van der Waals surface area (Å²) >= 11 is 1.45. The summed E-state index contributed by atoms with van der Waals surface area (Å²) in [5.41, 5.74) is 3.04. The maximum atomic E-state index is 13.5. The lowest BCUT2D eigenvalue weighted by atomic mass is 10.1. The van der Waals surface area contributed by atoms with Crippen molar-refractivity contribution in [2.45, 2.75) is 12.8 Å². The minimum Gasteiger partial charge on any atom is -0.380 e. The Bertz CT molecular complexity index is 1120. The third kappa shape index (κ3) is 5.32. The first kappa shape index (κ1) is 24.0. The van der Waals surface area contributed by atoms with Gasteiger partial charge in [0, 0.05) is 49.9 Å². The molecule has 0 bridgehead atoms. The molecule has 2 amide bonds. The Balaban J connectivity index is 1.54. The molecule has 178 valence electrons. The lowest BCUT2D eigenvalue weighted by Gasteiger charge is -2.23. The van der Waals surface area contributed by atoms with E-state index in [1.165, 1.54) is 11.3 Å². The third-order valence-electron chi connectivity index (χ3n) is 5.87. The van der Waals surface area contributed by atoms with Crippen LogP contribution in [0.25, 0.3) is 10.4 Å². The highest BCUT2D eigenvalue weighted by atomic mass is 32.1. The Hall–Kier alpha value is -3.14. The van der Waals surface area contributed by atoms with Crippen LogP contribution >= 0.6 is 11.3 Å². The van der Waals surface area contributed by atoms with Crippen molar-refractivity contribution in [3.05, 3.63) is 52.5 Å². The number of anilines is 1. The molecule has 0 spiro atoms. The Kier molecular flexibility index (Phi) is 7.99. The number of thiophene rings is 1. The summed E-state index contributed by atoms with van der Waals surface area (Å²) in [6.45, 7) is 7.94. The van der Waals surface area contributed by atoms with E-state index in [1.54, 1.807) is 24.2 Å². The molecule has 2 aromatic rings. The lowest BCUT2D eigenvalue weighted by Crippen LogP contribution is -2.33. The highest BCUT2D eigenvalue weighted by Crippen LogP contribution is 2.41. The van der Waals surface area contributed by atoms with Gasteiger partial charge in [-0.2, -0.15) is 0 Å². The minimum atomic E-state index is -0.223. The van der Waals surface area contributed by atoms with Gasteiger partial charge in [0.05, 0.1) is 23.8 Å². The molecule has 0 saturated carbocycles. The molecule has 1 fully saturated rings. The third-order valence-corrected chi connectivity index (χ3v) is 7.08. The molecule has 9 heteroatoms. The highest BCUT2D eigenvalue weighted by Gasteiger charge is 2.28. The number of carbonyl (C=O) groups is 2. The monoisotopic (exact) mass is 479 g/mol. The number of carbonyl (C=O) groups excluding carboxylic acids is 2. The molecule has 2 aliphatic rings. The largest absolute Gasteiger partial charge is 0.380 e. The fourth-order valence-corrected chi connectivity index (χ4v) is 5.29. The van der Waals surface area contributed by atoms with Crippen LogP contribution in [0.1, 0.15) is 21.7 Å². The zero-order valence-corrected chi connectivity index (χ0v) is 20.1. The van der Waals surface area contributed by atoms with E-state index >= 15 is 0 Å². The topological polar surface area (TPSA) is 86.6 Å². The average molecular weight is 480 g/mol. The summed E-state index contributed by atoms with van der Waals surface area (Å²) < 4.78 is 5.47. The number of nitrogens with zero attached hydrogens (tertiary/aromatic N) is 4. The molecule has 0 unspecified atom stereocenters. The van der Waals surface area contributed by atoms with Gasteiger partial charge < -0.3 is 15.0 Å². The molecular formula is C25H29N5O3S. The van der Waals surface area contributed by atoms with Gasteiger partial charge in [0.15, 0.2) is 0 Å². The molecule has 34 heavy (non-hydrogen) atoms. The van der Waals surface area contributed by atoms with Gasteiger partial charge in [-0.05, 0) is 43.3 Å². The summed E-state index contributed by atoms with van der Waals surface area (Å²) in [5, 5.41) is 2.69. The van der Waals surface area contributed by atoms with Gasteiger partial charge >= 0.3 is 0 Å². The Morgan fingerprint density at radius 3 is 2.91 bits per heavy atom. The Labute approximate surface area is 203 Å². The molecule has 1 N–H and O–H groups in total. The predicted octanol–water partition coefficient (Wildman–Crippen LogP) is 3.00. The maximum absolute atomic E-state index is 13.5. The van der Waals surface area contributed by atoms with Gasteiger partial charge in [-0.15, -0.1) is 11.3 Å². The number of nitrogens with one attached hydrogen (secondary N) is 1. The highest BCUT2D eigenvalue weighted by molar-refractivity contribution is 7.17. The number of rotatable bonds is 6. The summed E-state index contributed by atoms with van der Waals surface area (Å²) in [4.78, 5) is 39.7. The molecule has 1 aromatic carbocycles. The minimum absolute atomic E-state index is 0.100. The zero-order chi connectivity index (χ0) is 23.9. The number of fused-ring (bicyclic) bond motifs is 3. The van der Waals surface area contributed by atoms with Crippen LogP contribution in [0.3, 0.4) is 0 Å². The van der Waals surface area contributed by atoms with Crippen LogP contribution in [0.15, 0.2) is 52.1 Å². The van der Waals surface area contributed by atoms with Crippen molar-refractivity contribution >= 4 is 41.8 Å². The lowest BCUT2D eigenvalue weighted by molar-refractivity contribution is -0.115. The second-order valence-electron chi connectivity index (χ2n) is 8.04. The molecule has 2 aliphatic heterocycles. The van der Waals surface area contributed by atoms with E-state index in [-0.39, 0.29) is 17.5 Å². The first-order valence-corrected chi connectivity index (χ1v) is 12.2. The average Bonchev–Trinajstić information content (AvgIpc) is 3.02. The standard InChI is InChI=1S/C25H29N5O3S/c1-26-20(8-10-28-17-29-11-5-14-33-15-13-29)25(32)30-12-9-18-16-22(24(31)27-2)34-23(18)19-6-3-4-7-21(19)30/h3-4,6-8,10,16H,1,5,9,11-15,17H2,2H3,(H,27,31)/b20-8-,28-10?. The Morgan fingerprint density at radius 2 is 2.09 bits per heavy atom. The van der Waals surface area contributed by atoms with Crippen LogP contribution in [0, 0.1) is 0 Å². The fraction of sp³-hybridized carbons (Fsp3) is 0.360. The van der Waals surface area contributed by atoms with Crippen molar-refractivity contribution in [1.82, 2.24) is 10.2 Å². The fourth-order valence-electron chi connectivity index (χ4n) is 4.10. The van der Waals surface area contributed by atoms with Crippen molar-refractivity contribution in [1.29, 1.82) is 0 Å². The molecule has 3 heterocycles. The van der Waals surface area contributed by atoms with E-state index in [0.717, 1.165) is 47.8 Å². The van der Waals surface area contributed by atoms with Crippen molar-refractivity contribution in [3.63, 3.8) is 0 Å². The van der Waals surface area contributed by atoms with Crippen molar-refractivity contribution < 1.29 is 14.3 Å². The molecule has 0 radical (unpaired) electrons. The quantitative estimate of drug-likeness (QED) is 0.510. The normalized spacial score (nSPS) is 17.0. The van der Waals surface area contributed by atoms with Gasteiger partial charge in [-0.25, -0.2) is 0 Å². The van der Waals surface area contributed by atoms with Crippen molar-refractivity contribution in [2.75, 3.05) is 51.5 Å². The molecule has 0 aliphatic carbocycles. The number of hydrogen-bond acceptors (Lipinski definition) is 7. The number of hydrogen-bond donors (Lipinski definition) is 1. The first-order chi connectivity index (χ1) is 16.6. The number of benzene rings is 1. The number of amides is 2. The van der Waals surface area contributed by atoms with Gasteiger partial charge in [0.25, 0.3) is 11.8 Å². The van der Waals surface area contributed by atoms with Gasteiger partial charge in [-0.1, -0.05) is 18.2 Å². The predicted molar refractivity (Wildman–Crippen MR) is 137 cm³/mol. The van der Waals surface area contributed by atoms with E-state index < -0.39 is 0 Å². The van der Waals surface area contributed by atoms with Crippen LogP contribution in [0.4, 0.5) is 5.69 Å². The van der Waals surface area contributed by atoms with E-state index in [0.29, 0.717) is 31.1 Å².